The molecule has 0 aliphatic rings. The molecule has 1 heterocycles. The number of carbonyl (C=O) groups excluding carboxylic acids is 1. The van der Waals surface area contributed by atoms with Crippen molar-refractivity contribution >= 4 is 33.4 Å². The van der Waals surface area contributed by atoms with E-state index in [0.717, 1.165) is 24.3 Å². The summed E-state index contributed by atoms with van der Waals surface area (Å²) in [5.41, 5.74) is -1.97. The Labute approximate surface area is 193 Å². The molecule has 0 saturated carbocycles. The predicted octanol–water partition coefficient (Wildman–Crippen LogP) is 4.32. The van der Waals surface area contributed by atoms with Crippen LogP contribution in [-0.4, -0.2) is 31.1 Å². The van der Waals surface area contributed by atoms with Gasteiger partial charge in [-0.05, 0) is 69.3 Å². The van der Waals surface area contributed by atoms with Gasteiger partial charge in [-0.2, -0.15) is 0 Å². The Kier molecular flexibility index (Phi) is 6.64. The first-order chi connectivity index (χ1) is 15.8. The molecule has 0 saturated heterocycles. The second-order valence-electron chi connectivity index (χ2n) is 7.86. The Morgan fingerprint density at radius 1 is 1.00 bits per heavy atom. The molecule has 0 atom stereocenters. The van der Waals surface area contributed by atoms with Gasteiger partial charge in [-0.15, -0.1) is 0 Å². The van der Waals surface area contributed by atoms with Gasteiger partial charge >= 0.3 is 6.09 Å². The van der Waals surface area contributed by atoms with Crippen LogP contribution in [0.3, 0.4) is 0 Å². The van der Waals surface area contributed by atoms with Gasteiger partial charge in [0.15, 0.2) is 0 Å². The molecule has 3 aromatic rings. The van der Waals surface area contributed by atoms with Crippen molar-refractivity contribution < 1.29 is 36.3 Å². The number of halogens is 2. The molecule has 9 nitrogen and oxygen atoms in total. The number of carboxylic acid groups (broad SMARTS) is 1. The lowest BCUT2D eigenvalue weighted by atomic mass is 10.0. The van der Waals surface area contributed by atoms with Gasteiger partial charge < -0.3 is 20.2 Å². The Balaban J connectivity index is 1.84. The van der Waals surface area contributed by atoms with E-state index in [9.17, 15) is 26.8 Å². The van der Waals surface area contributed by atoms with Crippen LogP contribution in [0, 0.1) is 18.6 Å². The van der Waals surface area contributed by atoms with E-state index in [1.165, 1.54) is 26.0 Å². The zero-order valence-electron chi connectivity index (χ0n) is 18.3. The highest BCUT2D eigenvalue weighted by Gasteiger charge is 2.29. The van der Waals surface area contributed by atoms with E-state index in [2.05, 4.69) is 5.32 Å². The summed E-state index contributed by atoms with van der Waals surface area (Å²) < 4.78 is 61.7. The zero-order valence-corrected chi connectivity index (χ0v) is 19.1. The number of amides is 2. The van der Waals surface area contributed by atoms with Crippen molar-refractivity contribution in [3.8, 4) is 11.3 Å². The molecule has 0 unspecified atom stereocenters. The summed E-state index contributed by atoms with van der Waals surface area (Å²) in [6.45, 7) is 4.30. The Hall–Kier alpha value is -3.93. The fourth-order valence-electron chi connectivity index (χ4n) is 2.94. The Bertz CT molecular complexity index is 1370. The number of carbonyl (C=O) groups is 2. The standard InChI is InChI=1S/C22H21F2N3O6S/c1-12-4-9-19(33-12)15-7-6-14(11-17(15)24)34(31,32)27-18-10-13(5-8-16(18)23)25-20(28)22(2,3)26-21(29)30/h4-11,26-27H,1-3H3,(H,25,28)(H,29,30). The summed E-state index contributed by atoms with van der Waals surface area (Å²) in [4.78, 5) is 22.7. The van der Waals surface area contributed by atoms with Gasteiger partial charge in [0.25, 0.3) is 10.0 Å². The molecular weight excluding hydrogens is 472 g/mol. The van der Waals surface area contributed by atoms with Gasteiger partial charge in [0.2, 0.25) is 5.91 Å². The smallest absolute Gasteiger partial charge is 0.405 e. The van der Waals surface area contributed by atoms with Crippen LogP contribution < -0.4 is 15.4 Å². The number of hydrogen-bond donors (Lipinski definition) is 4. The third kappa shape index (κ3) is 5.52. The quantitative estimate of drug-likeness (QED) is 0.387. The lowest BCUT2D eigenvalue weighted by Gasteiger charge is -2.23. The van der Waals surface area contributed by atoms with Crippen molar-refractivity contribution in [2.24, 2.45) is 0 Å². The molecule has 0 aliphatic carbocycles. The molecule has 0 bridgehead atoms. The van der Waals surface area contributed by atoms with E-state index >= 15 is 0 Å². The minimum atomic E-state index is -4.40. The maximum absolute atomic E-state index is 14.6. The van der Waals surface area contributed by atoms with E-state index < -0.39 is 49.8 Å². The molecule has 0 spiro atoms. The molecule has 2 aromatic carbocycles. The molecule has 0 fully saturated rings. The largest absolute Gasteiger partial charge is 0.465 e. The van der Waals surface area contributed by atoms with Gasteiger partial charge in [0.05, 0.1) is 16.1 Å². The van der Waals surface area contributed by atoms with Crippen LogP contribution in [-0.2, 0) is 14.8 Å². The monoisotopic (exact) mass is 493 g/mol. The summed E-state index contributed by atoms with van der Waals surface area (Å²) in [5, 5.41) is 13.2. The highest BCUT2D eigenvalue weighted by Crippen LogP contribution is 2.28. The minimum absolute atomic E-state index is 0.000851. The summed E-state index contributed by atoms with van der Waals surface area (Å²) in [7, 11) is -4.40. The first-order valence-corrected chi connectivity index (χ1v) is 11.3. The van der Waals surface area contributed by atoms with Crippen molar-refractivity contribution in [1.82, 2.24) is 5.32 Å². The Morgan fingerprint density at radius 3 is 2.29 bits per heavy atom. The lowest BCUT2D eigenvalue weighted by Crippen LogP contribution is -2.51. The fourth-order valence-corrected chi connectivity index (χ4v) is 4.01. The van der Waals surface area contributed by atoms with E-state index in [1.807, 2.05) is 10.0 Å². The molecule has 1 aromatic heterocycles. The number of rotatable bonds is 7. The van der Waals surface area contributed by atoms with Crippen LogP contribution in [0.5, 0.6) is 0 Å². The Morgan fingerprint density at radius 2 is 1.71 bits per heavy atom. The third-order valence-electron chi connectivity index (χ3n) is 4.71. The number of anilines is 2. The number of furan rings is 1. The summed E-state index contributed by atoms with van der Waals surface area (Å²) in [6, 6.07) is 9.42. The van der Waals surface area contributed by atoms with Gasteiger partial charge in [0, 0.05) is 5.69 Å². The molecule has 4 N–H and O–H groups in total. The van der Waals surface area contributed by atoms with E-state index in [4.69, 9.17) is 9.52 Å². The number of hydrogen-bond acceptors (Lipinski definition) is 5. The van der Waals surface area contributed by atoms with Crippen molar-refractivity contribution in [3.05, 3.63) is 65.9 Å². The molecule has 34 heavy (non-hydrogen) atoms. The third-order valence-corrected chi connectivity index (χ3v) is 6.08. The van der Waals surface area contributed by atoms with Gasteiger partial charge in [0.1, 0.15) is 28.7 Å². The van der Waals surface area contributed by atoms with Crippen LogP contribution >= 0.6 is 0 Å². The van der Waals surface area contributed by atoms with Gasteiger partial charge in [-0.1, -0.05) is 0 Å². The number of benzene rings is 2. The van der Waals surface area contributed by atoms with Crippen LogP contribution in [0.4, 0.5) is 25.0 Å². The second-order valence-corrected chi connectivity index (χ2v) is 9.54. The second kappa shape index (κ2) is 9.14. The van der Waals surface area contributed by atoms with E-state index in [1.54, 1.807) is 19.1 Å². The van der Waals surface area contributed by atoms with E-state index in [0.29, 0.717) is 5.76 Å². The average Bonchev–Trinajstić information content (AvgIpc) is 3.15. The fraction of sp³-hybridized carbons (Fsp3) is 0.182. The van der Waals surface area contributed by atoms with Crippen molar-refractivity contribution in [1.29, 1.82) is 0 Å². The molecule has 0 aliphatic heterocycles. The minimum Gasteiger partial charge on any atom is -0.465 e. The average molecular weight is 493 g/mol. The molecule has 0 radical (unpaired) electrons. The van der Waals surface area contributed by atoms with Crippen molar-refractivity contribution in [2.45, 2.75) is 31.2 Å². The maximum atomic E-state index is 14.6. The number of nitrogens with one attached hydrogen (secondary N) is 3. The first kappa shape index (κ1) is 24.7. The predicted molar refractivity (Wildman–Crippen MR) is 120 cm³/mol. The highest BCUT2D eigenvalue weighted by molar-refractivity contribution is 7.92. The van der Waals surface area contributed by atoms with Crippen LogP contribution in [0.1, 0.15) is 19.6 Å². The van der Waals surface area contributed by atoms with E-state index in [-0.39, 0.29) is 17.0 Å². The highest BCUT2D eigenvalue weighted by atomic mass is 32.2. The summed E-state index contributed by atoms with van der Waals surface area (Å²) in [6.07, 6.45) is -1.42. The first-order valence-electron chi connectivity index (χ1n) is 9.80. The summed E-state index contributed by atoms with van der Waals surface area (Å²) >= 11 is 0. The molecule has 2 amide bonds. The topological polar surface area (TPSA) is 138 Å². The zero-order chi connectivity index (χ0) is 25.3. The SMILES string of the molecule is Cc1ccc(-c2ccc(S(=O)(=O)Nc3cc(NC(=O)C(C)(C)NC(=O)O)ccc3F)cc2F)o1. The van der Waals surface area contributed by atoms with Gasteiger partial charge in [-0.3, -0.25) is 9.52 Å². The number of aryl methyl sites for hydroxylation is 1. The maximum Gasteiger partial charge on any atom is 0.405 e. The van der Waals surface area contributed by atoms with Crippen molar-refractivity contribution in [2.75, 3.05) is 10.0 Å². The number of sulfonamides is 1. The van der Waals surface area contributed by atoms with Crippen molar-refractivity contribution in [3.63, 3.8) is 0 Å². The van der Waals surface area contributed by atoms with Crippen LogP contribution in [0.25, 0.3) is 11.3 Å². The molecular formula is C22H21F2N3O6S. The van der Waals surface area contributed by atoms with Crippen LogP contribution in [0.15, 0.2) is 57.8 Å². The molecule has 12 heteroatoms. The van der Waals surface area contributed by atoms with Crippen LogP contribution in [0.2, 0.25) is 0 Å². The molecule has 180 valence electrons. The summed E-state index contributed by atoms with van der Waals surface area (Å²) in [5.74, 6) is -1.79. The van der Waals surface area contributed by atoms with Gasteiger partial charge in [-0.25, -0.2) is 22.0 Å². The molecule has 3 rings (SSSR count). The normalized spacial score (nSPS) is 11.7. The lowest BCUT2D eigenvalue weighted by molar-refractivity contribution is -0.121.